The average molecular weight is 189 g/mol. The van der Waals surface area contributed by atoms with Gasteiger partial charge in [-0.25, -0.2) is 0 Å². The van der Waals surface area contributed by atoms with Gasteiger partial charge in [0.2, 0.25) is 0 Å². The Morgan fingerprint density at radius 3 is 2.86 bits per heavy atom. The third-order valence-corrected chi connectivity index (χ3v) is 2.04. The van der Waals surface area contributed by atoms with Crippen LogP contribution in [0.1, 0.15) is 22.3 Å². The summed E-state index contributed by atoms with van der Waals surface area (Å²) in [6, 6.07) is 7.08. The van der Waals surface area contributed by atoms with E-state index in [1.54, 1.807) is 25.3 Å². The van der Waals surface area contributed by atoms with Gasteiger partial charge < -0.3 is 4.74 Å². The quantitative estimate of drug-likeness (QED) is 0.684. The molecule has 0 N–H and O–H groups in total. The van der Waals surface area contributed by atoms with Crippen LogP contribution in [-0.2, 0) is 0 Å². The number of nitriles is 1. The molecule has 0 aliphatic heterocycles. The van der Waals surface area contributed by atoms with Crippen molar-refractivity contribution >= 4 is 5.78 Å². The van der Waals surface area contributed by atoms with Crippen molar-refractivity contribution < 1.29 is 9.53 Å². The van der Waals surface area contributed by atoms with Crippen LogP contribution >= 0.6 is 0 Å². The summed E-state index contributed by atoms with van der Waals surface area (Å²) in [5, 5.41) is 8.41. The van der Waals surface area contributed by atoms with Crippen LogP contribution < -0.4 is 4.74 Å². The summed E-state index contributed by atoms with van der Waals surface area (Å²) in [6.45, 7) is 1.81. The molecule has 0 aromatic heterocycles. The van der Waals surface area contributed by atoms with E-state index in [0.717, 1.165) is 5.56 Å². The summed E-state index contributed by atoms with van der Waals surface area (Å²) < 4.78 is 5.08. The summed E-state index contributed by atoms with van der Waals surface area (Å²) in [7, 11) is 1.56. The zero-order valence-electron chi connectivity index (χ0n) is 8.20. The van der Waals surface area contributed by atoms with Crippen molar-refractivity contribution in [1.29, 1.82) is 5.26 Å². The van der Waals surface area contributed by atoms with E-state index < -0.39 is 0 Å². The SMILES string of the molecule is COc1cccc(C(=O)CC#N)c1C. The molecule has 1 aromatic rings. The summed E-state index contributed by atoms with van der Waals surface area (Å²) >= 11 is 0. The van der Waals surface area contributed by atoms with Crippen molar-refractivity contribution in [3.8, 4) is 11.8 Å². The van der Waals surface area contributed by atoms with E-state index in [0.29, 0.717) is 11.3 Å². The van der Waals surface area contributed by atoms with Gasteiger partial charge in [0.15, 0.2) is 5.78 Å². The van der Waals surface area contributed by atoms with Gasteiger partial charge in [-0.3, -0.25) is 4.79 Å². The number of nitrogens with zero attached hydrogens (tertiary/aromatic N) is 1. The molecule has 1 aromatic carbocycles. The van der Waals surface area contributed by atoms with E-state index in [1.807, 2.05) is 13.0 Å². The lowest BCUT2D eigenvalue weighted by atomic mass is 10.0. The maximum atomic E-state index is 11.5. The molecule has 3 heteroatoms. The molecule has 0 amide bonds. The molecule has 0 saturated heterocycles. The van der Waals surface area contributed by atoms with Gasteiger partial charge in [0, 0.05) is 11.1 Å². The minimum atomic E-state index is -0.163. The lowest BCUT2D eigenvalue weighted by Gasteiger charge is -2.07. The van der Waals surface area contributed by atoms with E-state index in [9.17, 15) is 4.79 Å². The first-order chi connectivity index (χ1) is 6.70. The summed E-state index contributed by atoms with van der Waals surface area (Å²) in [6.07, 6.45) is -0.0893. The molecule has 0 atom stereocenters. The third-order valence-electron chi connectivity index (χ3n) is 2.04. The van der Waals surface area contributed by atoms with Gasteiger partial charge in [0.1, 0.15) is 5.75 Å². The van der Waals surface area contributed by atoms with Crippen molar-refractivity contribution in [1.82, 2.24) is 0 Å². The van der Waals surface area contributed by atoms with Gasteiger partial charge in [0.25, 0.3) is 0 Å². The van der Waals surface area contributed by atoms with Crippen LogP contribution in [0.15, 0.2) is 18.2 Å². The number of hydrogen-bond donors (Lipinski definition) is 0. The number of methoxy groups -OCH3 is 1. The van der Waals surface area contributed by atoms with Crippen molar-refractivity contribution in [2.75, 3.05) is 7.11 Å². The Kier molecular flexibility index (Phi) is 3.24. The Balaban J connectivity index is 3.10. The minimum absolute atomic E-state index is 0.0893. The standard InChI is InChI=1S/C11H11NO2/c1-8-9(10(13)6-7-12)4-3-5-11(8)14-2/h3-5H,6H2,1-2H3. The fraction of sp³-hybridized carbons (Fsp3) is 0.273. The van der Waals surface area contributed by atoms with E-state index in [2.05, 4.69) is 0 Å². The fourth-order valence-electron chi connectivity index (χ4n) is 1.30. The summed E-state index contributed by atoms with van der Waals surface area (Å²) in [5.74, 6) is 0.512. The number of hydrogen-bond acceptors (Lipinski definition) is 3. The number of ketones is 1. The molecular weight excluding hydrogens is 178 g/mol. The average Bonchev–Trinajstić information content (AvgIpc) is 2.18. The molecule has 0 fully saturated rings. The monoisotopic (exact) mass is 189 g/mol. The van der Waals surface area contributed by atoms with Crippen molar-refractivity contribution in [3.05, 3.63) is 29.3 Å². The molecule has 3 nitrogen and oxygen atoms in total. The zero-order valence-corrected chi connectivity index (χ0v) is 8.20. The highest BCUT2D eigenvalue weighted by molar-refractivity contribution is 5.99. The molecule has 1 rings (SSSR count). The molecule has 72 valence electrons. The zero-order chi connectivity index (χ0) is 10.6. The van der Waals surface area contributed by atoms with Gasteiger partial charge in [-0.15, -0.1) is 0 Å². The minimum Gasteiger partial charge on any atom is -0.496 e. The number of carbonyl (C=O) groups excluding carboxylic acids is 1. The molecule has 0 aliphatic carbocycles. The second-order valence-corrected chi connectivity index (χ2v) is 2.89. The highest BCUT2D eigenvalue weighted by atomic mass is 16.5. The maximum Gasteiger partial charge on any atom is 0.177 e. The molecule has 0 unspecified atom stereocenters. The van der Waals surface area contributed by atoms with Gasteiger partial charge in [-0.05, 0) is 13.0 Å². The van der Waals surface area contributed by atoms with E-state index in [1.165, 1.54) is 0 Å². The number of Topliss-reactive ketones (excluding diaryl/α,β-unsaturated/α-hetero) is 1. The highest BCUT2D eigenvalue weighted by Crippen LogP contribution is 2.21. The van der Waals surface area contributed by atoms with Gasteiger partial charge in [0.05, 0.1) is 19.6 Å². The van der Waals surface area contributed by atoms with E-state index in [-0.39, 0.29) is 12.2 Å². The largest absolute Gasteiger partial charge is 0.496 e. The number of benzene rings is 1. The lowest BCUT2D eigenvalue weighted by Crippen LogP contribution is -2.01. The molecule has 14 heavy (non-hydrogen) atoms. The number of rotatable bonds is 3. The van der Waals surface area contributed by atoms with Gasteiger partial charge in [-0.1, -0.05) is 12.1 Å². The lowest BCUT2D eigenvalue weighted by molar-refractivity contribution is 0.0997. The molecule has 0 radical (unpaired) electrons. The first-order valence-corrected chi connectivity index (χ1v) is 4.24. The third kappa shape index (κ3) is 1.91. The van der Waals surface area contributed by atoms with Crippen LogP contribution in [0.3, 0.4) is 0 Å². The van der Waals surface area contributed by atoms with E-state index >= 15 is 0 Å². The number of ether oxygens (including phenoxy) is 1. The van der Waals surface area contributed by atoms with Crippen LogP contribution in [-0.4, -0.2) is 12.9 Å². The Bertz CT molecular complexity index is 391. The second kappa shape index (κ2) is 4.43. The summed E-state index contributed by atoms with van der Waals surface area (Å²) in [5.41, 5.74) is 1.35. The van der Waals surface area contributed by atoms with Crippen molar-refractivity contribution in [2.24, 2.45) is 0 Å². The van der Waals surface area contributed by atoms with Gasteiger partial charge in [-0.2, -0.15) is 5.26 Å². The first-order valence-electron chi connectivity index (χ1n) is 4.24. The van der Waals surface area contributed by atoms with Gasteiger partial charge >= 0.3 is 0 Å². The van der Waals surface area contributed by atoms with Crippen LogP contribution in [0.2, 0.25) is 0 Å². The topological polar surface area (TPSA) is 50.1 Å². The molecule has 0 spiro atoms. The molecule has 0 aliphatic rings. The first kappa shape index (κ1) is 10.3. The summed E-state index contributed by atoms with van der Waals surface area (Å²) in [4.78, 5) is 11.5. The second-order valence-electron chi connectivity index (χ2n) is 2.89. The maximum absolute atomic E-state index is 11.5. The Morgan fingerprint density at radius 2 is 2.29 bits per heavy atom. The predicted octanol–water partition coefficient (Wildman–Crippen LogP) is 2.10. The molecule has 0 bridgehead atoms. The Hall–Kier alpha value is -1.82. The highest BCUT2D eigenvalue weighted by Gasteiger charge is 2.10. The smallest absolute Gasteiger partial charge is 0.177 e. The Labute approximate surface area is 82.9 Å². The van der Waals surface area contributed by atoms with E-state index in [4.69, 9.17) is 10.00 Å². The van der Waals surface area contributed by atoms with Crippen LogP contribution in [0.4, 0.5) is 0 Å². The Morgan fingerprint density at radius 1 is 1.57 bits per heavy atom. The van der Waals surface area contributed by atoms with Crippen LogP contribution in [0, 0.1) is 18.3 Å². The molecule has 0 saturated carbocycles. The molecule has 0 heterocycles. The molecular formula is C11H11NO2. The van der Waals surface area contributed by atoms with Crippen molar-refractivity contribution in [3.63, 3.8) is 0 Å². The van der Waals surface area contributed by atoms with Crippen LogP contribution in [0.5, 0.6) is 5.75 Å². The fourth-order valence-corrected chi connectivity index (χ4v) is 1.30. The number of carbonyl (C=O) groups is 1. The van der Waals surface area contributed by atoms with Crippen LogP contribution in [0.25, 0.3) is 0 Å². The normalized spacial score (nSPS) is 9.21. The predicted molar refractivity (Wildman–Crippen MR) is 52.3 cm³/mol. The van der Waals surface area contributed by atoms with Crippen molar-refractivity contribution in [2.45, 2.75) is 13.3 Å².